The highest BCUT2D eigenvalue weighted by atomic mass is 15.1. The van der Waals surface area contributed by atoms with Gasteiger partial charge < -0.3 is 4.57 Å². The fraction of sp³-hybridized carbons (Fsp3) is 0.0750. The monoisotopic (exact) mass is 551 g/mol. The van der Waals surface area contributed by atoms with Crippen LogP contribution < -0.4 is 0 Å². The molecule has 0 aliphatic heterocycles. The molecule has 6 aromatic carbocycles. The standard InChI is InChI=1S/C40H29N3/c1-40(2)33-19-8-6-17-29(33)31-24-32-30-18-7-10-21-36(30)42(38(32)25-34(31)40)27-15-12-16-28(23-27)43-37-22-11-9-20-35(37)41-39(43)26-13-4-3-5-14-26/h3-25H,1-2H3. The van der Waals surface area contributed by atoms with E-state index in [2.05, 4.69) is 163 Å². The topological polar surface area (TPSA) is 22.8 Å². The van der Waals surface area contributed by atoms with Crippen molar-refractivity contribution in [1.29, 1.82) is 0 Å². The Bertz CT molecular complexity index is 2370. The first-order chi connectivity index (χ1) is 21.1. The number of para-hydroxylation sites is 3. The normalized spacial score (nSPS) is 13.5. The Hall–Kier alpha value is -5.41. The van der Waals surface area contributed by atoms with Crippen LogP contribution in [0.25, 0.3) is 66.7 Å². The largest absolute Gasteiger partial charge is 0.309 e. The van der Waals surface area contributed by atoms with Crippen LogP contribution >= 0.6 is 0 Å². The highest BCUT2D eigenvalue weighted by Crippen LogP contribution is 2.51. The van der Waals surface area contributed by atoms with E-state index in [-0.39, 0.29) is 5.41 Å². The number of hydrogen-bond donors (Lipinski definition) is 0. The Morgan fingerprint density at radius 2 is 1.19 bits per heavy atom. The molecule has 0 radical (unpaired) electrons. The van der Waals surface area contributed by atoms with Crippen molar-refractivity contribution < 1.29 is 0 Å². The Kier molecular flexibility index (Phi) is 4.95. The number of rotatable bonds is 3. The van der Waals surface area contributed by atoms with Gasteiger partial charge in [0.05, 0.1) is 22.1 Å². The molecule has 43 heavy (non-hydrogen) atoms. The second kappa shape index (κ2) is 8.80. The summed E-state index contributed by atoms with van der Waals surface area (Å²) in [5, 5.41) is 2.55. The summed E-state index contributed by atoms with van der Waals surface area (Å²) in [7, 11) is 0. The van der Waals surface area contributed by atoms with E-state index in [0.717, 1.165) is 33.8 Å². The van der Waals surface area contributed by atoms with Crippen molar-refractivity contribution in [3.8, 4) is 33.9 Å². The van der Waals surface area contributed by atoms with E-state index in [1.54, 1.807) is 0 Å². The van der Waals surface area contributed by atoms with Gasteiger partial charge in [0.25, 0.3) is 0 Å². The third kappa shape index (κ3) is 3.39. The maximum absolute atomic E-state index is 5.08. The van der Waals surface area contributed by atoms with Crippen LogP contribution in [0.4, 0.5) is 0 Å². The van der Waals surface area contributed by atoms with Crippen LogP contribution in [0.15, 0.2) is 140 Å². The summed E-state index contributed by atoms with van der Waals surface area (Å²) in [5.41, 5.74) is 13.3. The summed E-state index contributed by atoms with van der Waals surface area (Å²) in [6.07, 6.45) is 0. The Balaban J connectivity index is 1.32. The zero-order valence-electron chi connectivity index (χ0n) is 24.1. The van der Waals surface area contributed by atoms with Gasteiger partial charge in [0.15, 0.2) is 0 Å². The number of imidazole rings is 1. The van der Waals surface area contributed by atoms with Crippen LogP contribution in [0.1, 0.15) is 25.0 Å². The fourth-order valence-electron chi connectivity index (χ4n) is 7.28. The highest BCUT2D eigenvalue weighted by molar-refractivity contribution is 6.11. The Labute approximate surface area is 250 Å². The average molecular weight is 552 g/mol. The van der Waals surface area contributed by atoms with E-state index in [0.29, 0.717) is 0 Å². The SMILES string of the molecule is CC1(C)c2ccccc2-c2cc3c4ccccc4n(-c4cccc(-n5c(-c6ccccc6)nc6ccccc65)c4)c3cc21. The summed E-state index contributed by atoms with van der Waals surface area (Å²) in [6, 6.07) is 50.3. The first kappa shape index (κ1) is 24.2. The quantitative estimate of drug-likeness (QED) is 0.214. The van der Waals surface area contributed by atoms with Crippen molar-refractivity contribution in [2.45, 2.75) is 19.3 Å². The molecular weight excluding hydrogens is 522 g/mol. The minimum atomic E-state index is -0.0659. The summed E-state index contributed by atoms with van der Waals surface area (Å²) in [6.45, 7) is 4.71. The summed E-state index contributed by atoms with van der Waals surface area (Å²) in [5.74, 6) is 0.943. The van der Waals surface area contributed by atoms with Crippen molar-refractivity contribution in [2.75, 3.05) is 0 Å². The maximum Gasteiger partial charge on any atom is 0.145 e. The van der Waals surface area contributed by atoms with Crippen molar-refractivity contribution in [2.24, 2.45) is 0 Å². The molecule has 8 aromatic rings. The van der Waals surface area contributed by atoms with Gasteiger partial charge in [-0.15, -0.1) is 0 Å². The first-order valence-corrected chi connectivity index (χ1v) is 14.9. The molecule has 0 atom stereocenters. The predicted molar refractivity (Wildman–Crippen MR) is 178 cm³/mol. The van der Waals surface area contributed by atoms with E-state index in [1.807, 2.05) is 0 Å². The van der Waals surface area contributed by atoms with Gasteiger partial charge in [-0.1, -0.05) is 105 Å². The van der Waals surface area contributed by atoms with Crippen molar-refractivity contribution in [3.63, 3.8) is 0 Å². The summed E-state index contributed by atoms with van der Waals surface area (Å²) in [4.78, 5) is 5.08. The molecule has 0 saturated carbocycles. The third-order valence-corrected chi connectivity index (χ3v) is 9.31. The van der Waals surface area contributed by atoms with Gasteiger partial charge in [0, 0.05) is 33.1 Å². The van der Waals surface area contributed by atoms with Crippen LogP contribution in [0.3, 0.4) is 0 Å². The smallest absolute Gasteiger partial charge is 0.145 e. The van der Waals surface area contributed by atoms with Gasteiger partial charge >= 0.3 is 0 Å². The molecule has 1 aliphatic carbocycles. The molecule has 1 aliphatic rings. The molecule has 204 valence electrons. The lowest BCUT2D eigenvalue weighted by Crippen LogP contribution is -2.15. The molecule has 0 bridgehead atoms. The third-order valence-electron chi connectivity index (χ3n) is 9.31. The molecular formula is C40H29N3. The molecule has 0 fully saturated rings. The van der Waals surface area contributed by atoms with Crippen molar-refractivity contribution in [3.05, 3.63) is 151 Å². The molecule has 0 N–H and O–H groups in total. The van der Waals surface area contributed by atoms with Crippen LogP contribution in [0, 0.1) is 0 Å². The number of benzene rings is 6. The van der Waals surface area contributed by atoms with E-state index >= 15 is 0 Å². The van der Waals surface area contributed by atoms with E-state index in [9.17, 15) is 0 Å². The average Bonchev–Trinajstić information content (AvgIpc) is 3.67. The zero-order chi connectivity index (χ0) is 28.7. The molecule has 2 aromatic heterocycles. The van der Waals surface area contributed by atoms with Crippen LogP contribution in [0.2, 0.25) is 0 Å². The second-order valence-electron chi connectivity index (χ2n) is 12.1. The molecule has 0 spiro atoms. The fourth-order valence-corrected chi connectivity index (χ4v) is 7.28. The minimum absolute atomic E-state index is 0.0659. The lowest BCUT2D eigenvalue weighted by Gasteiger charge is -2.21. The van der Waals surface area contributed by atoms with Crippen molar-refractivity contribution >= 4 is 32.8 Å². The molecule has 2 heterocycles. The number of hydrogen-bond acceptors (Lipinski definition) is 1. The van der Waals surface area contributed by atoms with Crippen LogP contribution in [-0.2, 0) is 5.41 Å². The summed E-state index contributed by atoms with van der Waals surface area (Å²) >= 11 is 0. The predicted octanol–water partition coefficient (Wildman–Crippen LogP) is 10.1. The van der Waals surface area contributed by atoms with Crippen molar-refractivity contribution in [1.82, 2.24) is 14.1 Å². The van der Waals surface area contributed by atoms with E-state index in [1.165, 1.54) is 44.1 Å². The lowest BCUT2D eigenvalue weighted by atomic mass is 9.82. The second-order valence-corrected chi connectivity index (χ2v) is 12.1. The van der Waals surface area contributed by atoms with Gasteiger partial charge in [-0.2, -0.15) is 0 Å². The lowest BCUT2D eigenvalue weighted by molar-refractivity contribution is 0.661. The van der Waals surface area contributed by atoms with E-state index < -0.39 is 0 Å². The minimum Gasteiger partial charge on any atom is -0.309 e. The Morgan fingerprint density at radius 1 is 0.488 bits per heavy atom. The number of fused-ring (bicyclic) bond motifs is 7. The molecule has 3 nitrogen and oxygen atoms in total. The molecule has 0 unspecified atom stereocenters. The van der Waals surface area contributed by atoms with Crippen LogP contribution in [0.5, 0.6) is 0 Å². The Morgan fingerprint density at radius 3 is 2.05 bits per heavy atom. The van der Waals surface area contributed by atoms with Crippen LogP contribution in [-0.4, -0.2) is 14.1 Å². The van der Waals surface area contributed by atoms with Gasteiger partial charge in [-0.25, -0.2) is 4.98 Å². The number of nitrogens with zero attached hydrogens (tertiary/aromatic N) is 3. The highest BCUT2D eigenvalue weighted by Gasteiger charge is 2.36. The van der Waals surface area contributed by atoms with E-state index in [4.69, 9.17) is 4.98 Å². The maximum atomic E-state index is 5.08. The van der Waals surface area contributed by atoms with Gasteiger partial charge in [-0.05, 0) is 70.8 Å². The van der Waals surface area contributed by atoms with Gasteiger partial charge in [-0.3, -0.25) is 4.57 Å². The first-order valence-electron chi connectivity index (χ1n) is 14.9. The van der Waals surface area contributed by atoms with Gasteiger partial charge in [0.1, 0.15) is 5.82 Å². The molecule has 0 saturated heterocycles. The zero-order valence-corrected chi connectivity index (χ0v) is 24.1. The molecule has 3 heteroatoms. The molecule has 0 amide bonds. The van der Waals surface area contributed by atoms with Gasteiger partial charge in [0.2, 0.25) is 0 Å². The summed E-state index contributed by atoms with van der Waals surface area (Å²) < 4.78 is 4.73. The molecule has 9 rings (SSSR count). The number of aromatic nitrogens is 3.